The zero-order chi connectivity index (χ0) is 28.1. The maximum absolute atomic E-state index is 13.3. The summed E-state index contributed by atoms with van der Waals surface area (Å²) in [6.45, 7) is 16.9. The second-order valence-electron chi connectivity index (χ2n) is 9.65. The van der Waals surface area contributed by atoms with E-state index in [2.05, 4.69) is 28.3 Å². The van der Waals surface area contributed by atoms with E-state index in [0.29, 0.717) is 36.6 Å². The molecule has 2 aliphatic rings. The fraction of sp³-hybridized carbons (Fsp3) is 0.621. The van der Waals surface area contributed by atoms with Crippen molar-refractivity contribution in [3.63, 3.8) is 0 Å². The number of anilines is 1. The summed E-state index contributed by atoms with van der Waals surface area (Å²) in [5, 5.41) is 0. The summed E-state index contributed by atoms with van der Waals surface area (Å²) in [7, 11) is 3.06. The van der Waals surface area contributed by atoms with E-state index in [1.807, 2.05) is 24.9 Å². The second-order valence-corrected chi connectivity index (χ2v) is 9.90. The van der Waals surface area contributed by atoms with Crippen LogP contribution in [0, 0.1) is 6.92 Å². The second kappa shape index (κ2) is 16.4. The Bertz CT molecular complexity index is 965. The lowest BCUT2D eigenvalue weighted by molar-refractivity contribution is -0.127. The molecule has 1 aromatic heterocycles. The van der Waals surface area contributed by atoms with Crippen molar-refractivity contribution in [1.29, 1.82) is 0 Å². The van der Waals surface area contributed by atoms with E-state index >= 15 is 0 Å². The topological polar surface area (TPSA) is 71.0 Å². The molecule has 2 heterocycles. The first kappa shape index (κ1) is 31.6. The standard InChI is InChI=1S/C26H41N5O3.C3H5Cl/c1-7-12-30(25(32)24(20(3)33-5)21(4)34-6)13-11-22-18-27-26(28-19(22)2)31-16-14-29(15-17-31)23-9-8-10-23;1-2-3-4/h18,23H,3,7-17H2,1-2,4-6H3;2-3H,1H3/b24-21-;3-2+. The maximum Gasteiger partial charge on any atom is 0.261 e. The molecule has 38 heavy (non-hydrogen) atoms. The van der Waals surface area contributed by atoms with Crippen molar-refractivity contribution in [3.05, 3.63) is 52.7 Å². The van der Waals surface area contributed by atoms with E-state index in [4.69, 9.17) is 26.1 Å². The molecule has 1 saturated carbocycles. The van der Waals surface area contributed by atoms with Crippen LogP contribution in [0.15, 0.2) is 41.5 Å². The molecular weight excluding hydrogens is 502 g/mol. The fourth-order valence-electron chi connectivity index (χ4n) is 4.59. The summed E-state index contributed by atoms with van der Waals surface area (Å²) in [6.07, 6.45) is 9.31. The maximum atomic E-state index is 13.3. The molecule has 0 aromatic carbocycles. The molecule has 8 nitrogen and oxygen atoms in total. The van der Waals surface area contributed by atoms with Gasteiger partial charge in [-0.1, -0.05) is 37.6 Å². The average molecular weight is 548 g/mol. The van der Waals surface area contributed by atoms with Gasteiger partial charge in [0.2, 0.25) is 5.95 Å². The van der Waals surface area contributed by atoms with Crippen molar-refractivity contribution in [1.82, 2.24) is 19.8 Å². The summed E-state index contributed by atoms with van der Waals surface area (Å²) in [5.41, 5.74) is 3.88. The molecule has 1 aliphatic heterocycles. The number of allylic oxidation sites excluding steroid dienone is 2. The van der Waals surface area contributed by atoms with Gasteiger partial charge < -0.3 is 19.3 Å². The number of carbonyl (C=O) groups is 1. The molecule has 1 amide bonds. The van der Waals surface area contributed by atoms with Gasteiger partial charge in [0.1, 0.15) is 17.1 Å². The fourth-order valence-corrected chi connectivity index (χ4v) is 4.59. The molecule has 0 unspecified atom stereocenters. The third-order valence-electron chi connectivity index (χ3n) is 7.21. The van der Waals surface area contributed by atoms with E-state index in [-0.39, 0.29) is 5.91 Å². The molecule has 0 atom stereocenters. The minimum Gasteiger partial charge on any atom is -0.500 e. The van der Waals surface area contributed by atoms with E-state index in [0.717, 1.165) is 55.8 Å². The highest BCUT2D eigenvalue weighted by Gasteiger charge is 2.29. The smallest absolute Gasteiger partial charge is 0.261 e. The van der Waals surface area contributed by atoms with Crippen LogP contribution in [-0.4, -0.2) is 85.2 Å². The molecule has 3 rings (SSSR count). The van der Waals surface area contributed by atoms with Gasteiger partial charge in [0.15, 0.2) is 0 Å². The highest BCUT2D eigenvalue weighted by molar-refractivity contribution is 6.25. The molecule has 0 spiro atoms. The summed E-state index contributed by atoms with van der Waals surface area (Å²) in [4.78, 5) is 29.5. The minimum atomic E-state index is -0.132. The number of hydrogen-bond acceptors (Lipinski definition) is 7. The van der Waals surface area contributed by atoms with Crippen LogP contribution < -0.4 is 4.90 Å². The molecule has 1 saturated heterocycles. The van der Waals surface area contributed by atoms with Crippen molar-refractivity contribution < 1.29 is 14.3 Å². The Morgan fingerprint density at radius 3 is 2.34 bits per heavy atom. The molecule has 9 heteroatoms. The van der Waals surface area contributed by atoms with E-state index in [1.54, 1.807) is 20.1 Å². The molecule has 2 fully saturated rings. The predicted octanol–water partition coefficient (Wildman–Crippen LogP) is 5.08. The average Bonchev–Trinajstić information content (AvgIpc) is 2.90. The lowest BCUT2D eigenvalue weighted by Gasteiger charge is -2.42. The number of nitrogens with zero attached hydrogens (tertiary/aromatic N) is 5. The lowest BCUT2D eigenvalue weighted by atomic mass is 9.91. The minimum absolute atomic E-state index is 0.132. The van der Waals surface area contributed by atoms with E-state index < -0.39 is 0 Å². The van der Waals surface area contributed by atoms with Gasteiger partial charge >= 0.3 is 0 Å². The Morgan fingerprint density at radius 1 is 1.21 bits per heavy atom. The number of carbonyl (C=O) groups excluding carboxylic acids is 1. The number of piperazine rings is 1. The number of halogens is 1. The normalized spacial score (nSPS) is 16.8. The van der Waals surface area contributed by atoms with Crippen LogP contribution >= 0.6 is 11.6 Å². The Hall–Kier alpha value is -2.58. The molecule has 212 valence electrons. The van der Waals surface area contributed by atoms with Crippen LogP contribution in [0.2, 0.25) is 0 Å². The summed E-state index contributed by atoms with van der Waals surface area (Å²) in [6, 6.07) is 0.796. The van der Waals surface area contributed by atoms with Crippen LogP contribution in [0.25, 0.3) is 0 Å². The van der Waals surface area contributed by atoms with Crippen molar-refractivity contribution in [3.8, 4) is 0 Å². The van der Waals surface area contributed by atoms with Crippen LogP contribution in [0.4, 0.5) is 5.95 Å². The third-order valence-corrected chi connectivity index (χ3v) is 7.46. The van der Waals surface area contributed by atoms with Crippen molar-refractivity contribution in [2.75, 3.05) is 58.4 Å². The first-order chi connectivity index (χ1) is 18.3. The zero-order valence-electron chi connectivity index (χ0n) is 24.1. The molecule has 1 aliphatic carbocycles. The number of hydrogen-bond donors (Lipinski definition) is 0. The van der Waals surface area contributed by atoms with Gasteiger partial charge in [0.25, 0.3) is 5.91 Å². The van der Waals surface area contributed by atoms with Gasteiger partial charge in [-0.25, -0.2) is 9.97 Å². The first-order valence-corrected chi connectivity index (χ1v) is 14.0. The van der Waals surface area contributed by atoms with E-state index in [1.165, 1.54) is 31.9 Å². The van der Waals surface area contributed by atoms with Crippen molar-refractivity contribution >= 4 is 23.5 Å². The summed E-state index contributed by atoms with van der Waals surface area (Å²) < 4.78 is 10.6. The highest BCUT2D eigenvalue weighted by atomic mass is 35.5. The number of amides is 1. The molecular formula is C29H46ClN5O3. The monoisotopic (exact) mass is 547 g/mol. The predicted molar refractivity (Wildman–Crippen MR) is 155 cm³/mol. The Balaban J connectivity index is 0.00000118. The van der Waals surface area contributed by atoms with Gasteiger partial charge in [-0.15, -0.1) is 0 Å². The van der Waals surface area contributed by atoms with E-state index in [9.17, 15) is 4.79 Å². The van der Waals surface area contributed by atoms with Gasteiger partial charge in [-0.2, -0.15) is 0 Å². The molecule has 0 radical (unpaired) electrons. The van der Waals surface area contributed by atoms with Crippen LogP contribution in [0.5, 0.6) is 0 Å². The summed E-state index contributed by atoms with van der Waals surface area (Å²) >= 11 is 5.01. The van der Waals surface area contributed by atoms with Crippen LogP contribution in [0.3, 0.4) is 0 Å². The van der Waals surface area contributed by atoms with Crippen molar-refractivity contribution in [2.24, 2.45) is 0 Å². The largest absolute Gasteiger partial charge is 0.500 e. The summed E-state index contributed by atoms with van der Waals surface area (Å²) in [5.74, 6) is 1.49. The number of aromatic nitrogens is 2. The van der Waals surface area contributed by atoms with Gasteiger partial charge in [-0.05, 0) is 57.6 Å². The number of rotatable bonds is 11. The number of methoxy groups -OCH3 is 2. The number of aryl methyl sites for hydroxylation is 1. The zero-order valence-corrected chi connectivity index (χ0v) is 24.9. The SMILES string of the molecule is C/C=C/Cl.C=C(OC)/C(C(=O)N(CCC)CCc1cnc(N2CCN(C3CCC3)CC2)nc1C)=C(\C)OC. The van der Waals surface area contributed by atoms with Crippen LogP contribution in [-0.2, 0) is 20.7 Å². The highest BCUT2D eigenvalue weighted by Crippen LogP contribution is 2.26. The third kappa shape index (κ3) is 8.73. The van der Waals surface area contributed by atoms with Gasteiger partial charge in [0.05, 0.1) is 14.2 Å². The van der Waals surface area contributed by atoms with Gasteiger partial charge in [-0.3, -0.25) is 9.69 Å². The molecule has 1 aromatic rings. The quantitative estimate of drug-likeness (QED) is 0.217. The van der Waals surface area contributed by atoms with Crippen molar-refractivity contribution in [2.45, 2.75) is 65.8 Å². The van der Waals surface area contributed by atoms with Crippen LogP contribution in [0.1, 0.15) is 57.7 Å². The first-order valence-electron chi connectivity index (χ1n) is 13.6. The molecule has 0 N–H and O–H groups in total. The lowest BCUT2D eigenvalue weighted by Crippen LogP contribution is -2.52. The Morgan fingerprint density at radius 2 is 1.87 bits per heavy atom. The Kier molecular flexibility index (Phi) is 13.7. The number of ether oxygens (including phenoxy) is 2. The Labute approximate surface area is 234 Å². The molecule has 0 bridgehead atoms. The van der Waals surface area contributed by atoms with Gasteiger partial charge in [0, 0.05) is 57.2 Å².